The molecular weight excluding hydrogens is 235 g/mol. The number of alkyl carbamates (subject to hydrolysis) is 1. The van der Waals surface area contributed by atoms with E-state index in [1.165, 1.54) is 12.3 Å². The van der Waals surface area contributed by atoms with Gasteiger partial charge in [-0.05, 0) is 32.4 Å². The van der Waals surface area contributed by atoms with Crippen LogP contribution in [-0.4, -0.2) is 23.2 Å². The lowest BCUT2D eigenvalue weighted by molar-refractivity contribution is 0.0534. The second-order valence-corrected chi connectivity index (χ2v) is 4.70. The molecule has 1 amide bonds. The molecule has 0 atom stereocenters. The third-order valence-electron chi connectivity index (χ3n) is 1.82. The minimum absolute atomic E-state index is 0.318. The Morgan fingerprint density at radius 2 is 2.28 bits per heavy atom. The molecule has 1 aromatic heterocycles. The van der Waals surface area contributed by atoms with Gasteiger partial charge in [-0.15, -0.1) is 0 Å². The minimum atomic E-state index is -0.530. The Kier molecular flexibility index (Phi) is 4.83. The standard InChI is InChI=1S/C13H17FN2O2/c1-13(2,3)18-12(17)16-7-4-5-10-6-8-15-11(14)9-10/h4-6,8-9H,7H2,1-3H3,(H,16,17). The van der Waals surface area contributed by atoms with E-state index in [1.54, 1.807) is 39.0 Å². The smallest absolute Gasteiger partial charge is 0.407 e. The van der Waals surface area contributed by atoms with E-state index >= 15 is 0 Å². The van der Waals surface area contributed by atoms with Crippen LogP contribution in [0.2, 0.25) is 0 Å². The van der Waals surface area contributed by atoms with Gasteiger partial charge in [0.2, 0.25) is 5.95 Å². The van der Waals surface area contributed by atoms with Crippen molar-refractivity contribution in [3.63, 3.8) is 0 Å². The van der Waals surface area contributed by atoms with Crippen LogP contribution in [0.1, 0.15) is 26.3 Å². The summed E-state index contributed by atoms with van der Waals surface area (Å²) in [7, 11) is 0. The van der Waals surface area contributed by atoms with Gasteiger partial charge >= 0.3 is 6.09 Å². The second kappa shape index (κ2) is 6.14. The van der Waals surface area contributed by atoms with Crippen molar-refractivity contribution in [3.8, 4) is 0 Å². The van der Waals surface area contributed by atoms with Crippen molar-refractivity contribution in [1.29, 1.82) is 0 Å². The number of aromatic nitrogens is 1. The van der Waals surface area contributed by atoms with E-state index in [0.717, 1.165) is 0 Å². The molecule has 0 radical (unpaired) electrons. The molecule has 1 rings (SSSR count). The van der Waals surface area contributed by atoms with Gasteiger partial charge in [-0.25, -0.2) is 9.78 Å². The fourth-order valence-electron chi connectivity index (χ4n) is 1.17. The van der Waals surface area contributed by atoms with Crippen LogP contribution in [0.5, 0.6) is 0 Å². The molecule has 0 fully saturated rings. The summed E-state index contributed by atoms with van der Waals surface area (Å²) in [5.41, 5.74) is 0.177. The van der Waals surface area contributed by atoms with E-state index in [1.807, 2.05) is 0 Å². The molecular formula is C13H17FN2O2. The molecule has 1 N–H and O–H groups in total. The van der Waals surface area contributed by atoms with E-state index in [2.05, 4.69) is 10.3 Å². The minimum Gasteiger partial charge on any atom is -0.444 e. The average Bonchev–Trinajstić information content (AvgIpc) is 2.22. The molecule has 0 aliphatic heterocycles. The third kappa shape index (κ3) is 5.98. The highest BCUT2D eigenvalue weighted by molar-refractivity contribution is 5.68. The number of carbonyl (C=O) groups is 1. The van der Waals surface area contributed by atoms with E-state index in [4.69, 9.17) is 4.74 Å². The lowest BCUT2D eigenvalue weighted by Gasteiger charge is -2.19. The molecule has 0 aliphatic rings. The normalized spacial score (nSPS) is 11.6. The van der Waals surface area contributed by atoms with Crippen molar-refractivity contribution in [1.82, 2.24) is 10.3 Å². The highest BCUT2D eigenvalue weighted by Gasteiger charge is 2.14. The van der Waals surface area contributed by atoms with Crippen molar-refractivity contribution in [3.05, 3.63) is 35.9 Å². The fourth-order valence-corrected chi connectivity index (χ4v) is 1.17. The highest BCUT2D eigenvalue weighted by atomic mass is 19.1. The number of amides is 1. The van der Waals surface area contributed by atoms with Gasteiger partial charge in [0.1, 0.15) is 5.60 Å². The van der Waals surface area contributed by atoms with Crippen molar-refractivity contribution in [2.45, 2.75) is 26.4 Å². The molecule has 0 aromatic carbocycles. The quantitative estimate of drug-likeness (QED) is 0.841. The van der Waals surface area contributed by atoms with E-state index in [0.29, 0.717) is 12.1 Å². The Hall–Kier alpha value is -1.91. The molecule has 18 heavy (non-hydrogen) atoms. The summed E-state index contributed by atoms with van der Waals surface area (Å²) in [6.45, 7) is 5.70. The third-order valence-corrected chi connectivity index (χ3v) is 1.82. The number of nitrogens with one attached hydrogen (secondary N) is 1. The van der Waals surface area contributed by atoms with Crippen LogP contribution >= 0.6 is 0 Å². The van der Waals surface area contributed by atoms with Gasteiger partial charge in [0.15, 0.2) is 0 Å². The first kappa shape index (κ1) is 14.2. The topological polar surface area (TPSA) is 51.2 Å². The maximum absolute atomic E-state index is 12.8. The summed E-state index contributed by atoms with van der Waals surface area (Å²) in [5.74, 6) is -0.530. The molecule has 0 spiro atoms. The molecule has 0 bridgehead atoms. The van der Waals surface area contributed by atoms with Crippen molar-refractivity contribution in [2.24, 2.45) is 0 Å². The molecule has 0 unspecified atom stereocenters. The first-order valence-electron chi connectivity index (χ1n) is 5.62. The zero-order valence-electron chi connectivity index (χ0n) is 10.7. The predicted octanol–water partition coefficient (Wildman–Crippen LogP) is 2.76. The van der Waals surface area contributed by atoms with Crippen molar-refractivity contribution < 1.29 is 13.9 Å². The Morgan fingerprint density at radius 3 is 2.89 bits per heavy atom. The molecule has 0 saturated carbocycles. The van der Waals surface area contributed by atoms with E-state index in [-0.39, 0.29) is 0 Å². The highest BCUT2D eigenvalue weighted by Crippen LogP contribution is 2.06. The fraction of sp³-hybridized carbons (Fsp3) is 0.385. The number of halogens is 1. The van der Waals surface area contributed by atoms with Gasteiger partial charge in [-0.2, -0.15) is 4.39 Å². The summed E-state index contributed by atoms with van der Waals surface area (Å²) in [6.07, 6.45) is 4.31. The SMILES string of the molecule is CC(C)(C)OC(=O)NCC=Cc1ccnc(F)c1. The Labute approximate surface area is 106 Å². The largest absolute Gasteiger partial charge is 0.444 e. The van der Waals surface area contributed by atoms with Crippen molar-refractivity contribution >= 4 is 12.2 Å². The van der Waals surface area contributed by atoms with Crippen LogP contribution in [0.3, 0.4) is 0 Å². The summed E-state index contributed by atoms with van der Waals surface area (Å²) in [6, 6.07) is 2.98. The van der Waals surface area contributed by atoms with E-state index < -0.39 is 17.6 Å². The summed E-state index contributed by atoms with van der Waals surface area (Å²) in [4.78, 5) is 14.7. The first-order chi connectivity index (χ1) is 8.37. The van der Waals surface area contributed by atoms with Gasteiger partial charge in [0.25, 0.3) is 0 Å². The lowest BCUT2D eigenvalue weighted by atomic mass is 10.2. The lowest BCUT2D eigenvalue weighted by Crippen LogP contribution is -2.32. The van der Waals surface area contributed by atoms with Gasteiger partial charge in [0.05, 0.1) is 0 Å². The number of carbonyl (C=O) groups excluding carboxylic acids is 1. The molecule has 0 saturated heterocycles. The molecule has 0 aliphatic carbocycles. The van der Waals surface area contributed by atoms with Crippen molar-refractivity contribution in [2.75, 3.05) is 6.54 Å². The van der Waals surface area contributed by atoms with Crippen LogP contribution in [0.25, 0.3) is 6.08 Å². The van der Waals surface area contributed by atoms with Crippen LogP contribution in [-0.2, 0) is 4.74 Å². The Balaban J connectivity index is 2.36. The van der Waals surface area contributed by atoms with Crippen LogP contribution in [0.4, 0.5) is 9.18 Å². The zero-order chi connectivity index (χ0) is 13.6. The summed E-state index contributed by atoms with van der Waals surface area (Å²) >= 11 is 0. The summed E-state index contributed by atoms with van der Waals surface area (Å²) < 4.78 is 17.8. The summed E-state index contributed by atoms with van der Waals surface area (Å²) in [5, 5.41) is 2.57. The van der Waals surface area contributed by atoms with Gasteiger partial charge in [-0.1, -0.05) is 12.2 Å². The molecule has 1 heterocycles. The van der Waals surface area contributed by atoms with Gasteiger partial charge in [0, 0.05) is 18.8 Å². The maximum Gasteiger partial charge on any atom is 0.407 e. The second-order valence-electron chi connectivity index (χ2n) is 4.70. The average molecular weight is 252 g/mol. The van der Waals surface area contributed by atoms with Gasteiger partial charge < -0.3 is 10.1 Å². The molecule has 98 valence electrons. The Morgan fingerprint density at radius 1 is 1.56 bits per heavy atom. The maximum atomic E-state index is 12.8. The number of ether oxygens (including phenoxy) is 1. The predicted molar refractivity (Wildman–Crippen MR) is 67.5 cm³/mol. The van der Waals surface area contributed by atoms with Crippen LogP contribution in [0, 0.1) is 5.95 Å². The number of rotatable bonds is 3. The van der Waals surface area contributed by atoms with E-state index in [9.17, 15) is 9.18 Å². The Bertz CT molecular complexity index is 439. The van der Waals surface area contributed by atoms with Crippen LogP contribution in [0.15, 0.2) is 24.4 Å². The van der Waals surface area contributed by atoms with Crippen LogP contribution < -0.4 is 5.32 Å². The molecule has 5 heteroatoms. The number of pyridine rings is 1. The number of nitrogens with zero attached hydrogens (tertiary/aromatic N) is 1. The first-order valence-corrected chi connectivity index (χ1v) is 5.62. The number of hydrogen-bond donors (Lipinski definition) is 1. The van der Waals surface area contributed by atoms with Gasteiger partial charge in [-0.3, -0.25) is 0 Å². The molecule has 4 nitrogen and oxygen atoms in total. The monoisotopic (exact) mass is 252 g/mol. The zero-order valence-corrected chi connectivity index (χ0v) is 10.7. The molecule has 1 aromatic rings. The number of hydrogen-bond acceptors (Lipinski definition) is 3.